The third-order valence-corrected chi connectivity index (χ3v) is 4.85. The molecule has 1 N–H and O–H groups in total. The maximum atomic E-state index is 12.6. The molecule has 0 aromatic carbocycles. The van der Waals surface area contributed by atoms with E-state index in [0.717, 1.165) is 25.8 Å². The summed E-state index contributed by atoms with van der Waals surface area (Å²) in [5.74, 6) is 1.36. The Kier molecular flexibility index (Phi) is 7.11. The van der Waals surface area contributed by atoms with Crippen molar-refractivity contribution < 1.29 is 14.1 Å². The molecule has 0 radical (unpaired) electrons. The van der Waals surface area contributed by atoms with E-state index in [2.05, 4.69) is 20.4 Å². The van der Waals surface area contributed by atoms with Crippen molar-refractivity contribution in [1.82, 2.24) is 25.3 Å². The molecule has 2 amide bonds. The molecule has 1 saturated heterocycles. The van der Waals surface area contributed by atoms with E-state index < -0.39 is 0 Å². The van der Waals surface area contributed by atoms with Crippen LogP contribution in [0.4, 0.5) is 0 Å². The maximum Gasteiger partial charge on any atom is 0.227 e. The Morgan fingerprint density at radius 1 is 1.32 bits per heavy atom. The van der Waals surface area contributed by atoms with Crippen molar-refractivity contribution in [2.45, 2.75) is 45.4 Å². The average molecular weight is 385 g/mol. The second kappa shape index (κ2) is 9.96. The summed E-state index contributed by atoms with van der Waals surface area (Å²) in [5.41, 5.74) is 0.646. The van der Waals surface area contributed by atoms with Gasteiger partial charge in [0.15, 0.2) is 0 Å². The second-order valence-corrected chi connectivity index (χ2v) is 7.13. The highest BCUT2D eigenvalue weighted by Gasteiger charge is 2.24. The van der Waals surface area contributed by atoms with E-state index in [1.807, 2.05) is 30.0 Å². The van der Waals surface area contributed by atoms with Crippen molar-refractivity contribution in [2.24, 2.45) is 5.92 Å². The predicted molar refractivity (Wildman–Crippen MR) is 103 cm³/mol. The molecule has 8 nitrogen and oxygen atoms in total. The summed E-state index contributed by atoms with van der Waals surface area (Å²) in [6.07, 6.45) is 5.81. The highest BCUT2D eigenvalue weighted by Crippen LogP contribution is 2.18. The summed E-state index contributed by atoms with van der Waals surface area (Å²) in [6, 6.07) is 5.50. The Labute approximate surface area is 164 Å². The molecule has 8 heteroatoms. The van der Waals surface area contributed by atoms with Crippen LogP contribution in [0.1, 0.15) is 44.9 Å². The first kappa shape index (κ1) is 20.0. The third-order valence-electron chi connectivity index (χ3n) is 4.85. The van der Waals surface area contributed by atoms with Gasteiger partial charge in [0.2, 0.25) is 23.5 Å². The van der Waals surface area contributed by atoms with Crippen molar-refractivity contribution in [3.05, 3.63) is 30.3 Å². The van der Waals surface area contributed by atoms with Gasteiger partial charge in [-0.15, -0.1) is 0 Å². The Morgan fingerprint density at radius 3 is 3.00 bits per heavy atom. The van der Waals surface area contributed by atoms with Gasteiger partial charge in [-0.3, -0.25) is 14.6 Å². The van der Waals surface area contributed by atoms with Gasteiger partial charge in [0.05, 0.1) is 0 Å². The molecule has 1 atom stereocenters. The van der Waals surface area contributed by atoms with Crippen molar-refractivity contribution >= 4 is 11.8 Å². The molecule has 2 aromatic rings. The fraction of sp³-hybridized carbons (Fsp3) is 0.550. The number of pyridine rings is 1. The smallest absolute Gasteiger partial charge is 0.227 e. The first-order valence-corrected chi connectivity index (χ1v) is 9.94. The molecule has 28 heavy (non-hydrogen) atoms. The lowest BCUT2D eigenvalue weighted by Crippen LogP contribution is -2.43. The molecular formula is C20H27N5O3. The van der Waals surface area contributed by atoms with Crippen LogP contribution in [0.15, 0.2) is 28.9 Å². The van der Waals surface area contributed by atoms with Crippen LogP contribution in [0.3, 0.4) is 0 Å². The summed E-state index contributed by atoms with van der Waals surface area (Å²) < 4.78 is 5.25. The summed E-state index contributed by atoms with van der Waals surface area (Å²) >= 11 is 0. The van der Waals surface area contributed by atoms with Crippen molar-refractivity contribution in [1.29, 1.82) is 0 Å². The van der Waals surface area contributed by atoms with Crippen LogP contribution in [0, 0.1) is 5.92 Å². The quantitative estimate of drug-likeness (QED) is 0.748. The number of rotatable bonds is 8. The van der Waals surface area contributed by atoms with Crippen LogP contribution >= 0.6 is 0 Å². The van der Waals surface area contributed by atoms with Gasteiger partial charge in [0.1, 0.15) is 5.69 Å². The standard InChI is InChI=1S/C20H27N5O3/c1-2-6-17(26)22-13-15-7-5-12-25(14-15)19(27)10-9-18-23-20(24-28-18)16-8-3-4-11-21-16/h3-4,8,11,15H,2,5-7,9-10,12-14H2,1H3,(H,22,26). The van der Waals surface area contributed by atoms with Crippen LogP contribution in [0.2, 0.25) is 0 Å². The number of carbonyl (C=O) groups is 2. The monoisotopic (exact) mass is 385 g/mol. The van der Waals surface area contributed by atoms with E-state index in [1.165, 1.54) is 0 Å². The molecule has 0 aliphatic carbocycles. The van der Waals surface area contributed by atoms with E-state index in [-0.39, 0.29) is 11.8 Å². The highest BCUT2D eigenvalue weighted by atomic mass is 16.5. The topological polar surface area (TPSA) is 101 Å². The van der Waals surface area contributed by atoms with Gasteiger partial charge in [0, 0.05) is 45.1 Å². The first-order valence-electron chi connectivity index (χ1n) is 9.94. The largest absolute Gasteiger partial charge is 0.356 e. The van der Waals surface area contributed by atoms with E-state index >= 15 is 0 Å². The zero-order valence-electron chi connectivity index (χ0n) is 16.3. The molecule has 1 fully saturated rings. The Hall–Kier alpha value is -2.77. The fourth-order valence-corrected chi connectivity index (χ4v) is 3.36. The van der Waals surface area contributed by atoms with Gasteiger partial charge in [-0.05, 0) is 37.3 Å². The minimum atomic E-state index is 0.0853. The maximum absolute atomic E-state index is 12.6. The molecule has 3 rings (SSSR count). The van der Waals surface area contributed by atoms with Gasteiger partial charge in [-0.2, -0.15) is 4.98 Å². The summed E-state index contributed by atoms with van der Waals surface area (Å²) in [7, 11) is 0. The van der Waals surface area contributed by atoms with Crippen LogP contribution in [-0.2, 0) is 16.0 Å². The summed E-state index contributed by atoms with van der Waals surface area (Å²) in [4.78, 5) is 34.6. The molecule has 1 unspecified atom stereocenters. The molecule has 3 heterocycles. The fourth-order valence-electron chi connectivity index (χ4n) is 3.36. The molecule has 0 bridgehead atoms. The number of carbonyl (C=O) groups excluding carboxylic acids is 2. The van der Waals surface area contributed by atoms with Crippen LogP contribution in [0.25, 0.3) is 11.5 Å². The van der Waals surface area contributed by atoms with Gasteiger partial charge < -0.3 is 14.7 Å². The van der Waals surface area contributed by atoms with Crippen molar-refractivity contribution in [3.8, 4) is 11.5 Å². The zero-order chi connectivity index (χ0) is 19.8. The van der Waals surface area contributed by atoms with Crippen molar-refractivity contribution in [3.63, 3.8) is 0 Å². The SMILES string of the molecule is CCCC(=O)NCC1CCCN(C(=O)CCc2nc(-c3ccccn3)no2)C1. The van der Waals surface area contributed by atoms with Crippen molar-refractivity contribution in [2.75, 3.05) is 19.6 Å². The van der Waals surface area contributed by atoms with Gasteiger partial charge in [-0.25, -0.2) is 0 Å². The average Bonchev–Trinajstić information content (AvgIpc) is 3.21. The van der Waals surface area contributed by atoms with Crippen LogP contribution in [-0.4, -0.2) is 51.5 Å². The van der Waals surface area contributed by atoms with Crippen LogP contribution in [0.5, 0.6) is 0 Å². The molecular weight excluding hydrogens is 358 g/mol. The van der Waals surface area contributed by atoms with Gasteiger partial charge in [-0.1, -0.05) is 18.1 Å². The molecule has 1 aliphatic heterocycles. The van der Waals surface area contributed by atoms with Gasteiger partial charge >= 0.3 is 0 Å². The minimum Gasteiger partial charge on any atom is -0.356 e. The Bertz CT molecular complexity index is 777. The normalized spacial score (nSPS) is 16.8. The highest BCUT2D eigenvalue weighted by molar-refractivity contribution is 5.77. The third kappa shape index (κ3) is 5.61. The lowest BCUT2D eigenvalue weighted by Gasteiger charge is -2.33. The van der Waals surface area contributed by atoms with Crippen LogP contribution < -0.4 is 5.32 Å². The molecule has 0 spiro atoms. The van der Waals surface area contributed by atoms with E-state index in [4.69, 9.17) is 4.52 Å². The molecule has 150 valence electrons. The number of aryl methyl sites for hydroxylation is 1. The lowest BCUT2D eigenvalue weighted by atomic mass is 9.97. The van der Waals surface area contributed by atoms with E-state index in [0.29, 0.717) is 55.7 Å². The summed E-state index contributed by atoms with van der Waals surface area (Å²) in [6.45, 7) is 4.08. The first-order chi connectivity index (χ1) is 13.7. The second-order valence-electron chi connectivity index (χ2n) is 7.13. The van der Waals surface area contributed by atoms with E-state index in [1.54, 1.807) is 6.20 Å². The Morgan fingerprint density at radius 2 is 2.21 bits per heavy atom. The lowest BCUT2D eigenvalue weighted by molar-refractivity contribution is -0.133. The molecule has 2 aromatic heterocycles. The number of hydrogen-bond acceptors (Lipinski definition) is 6. The number of likely N-dealkylation sites (tertiary alicyclic amines) is 1. The molecule has 0 saturated carbocycles. The minimum absolute atomic E-state index is 0.0853. The number of amides is 2. The van der Waals surface area contributed by atoms with E-state index in [9.17, 15) is 9.59 Å². The summed E-state index contributed by atoms with van der Waals surface area (Å²) in [5, 5.41) is 6.90. The number of hydrogen-bond donors (Lipinski definition) is 1. The van der Waals surface area contributed by atoms with Gasteiger partial charge in [0.25, 0.3) is 0 Å². The number of aromatic nitrogens is 3. The number of nitrogens with zero attached hydrogens (tertiary/aromatic N) is 4. The predicted octanol–water partition coefficient (Wildman–Crippen LogP) is 2.22. The number of piperidine rings is 1. The molecule has 1 aliphatic rings. The number of nitrogens with one attached hydrogen (secondary N) is 1. The zero-order valence-corrected chi connectivity index (χ0v) is 16.3. The Balaban J connectivity index is 1.45.